The third kappa shape index (κ3) is 5.95. The van der Waals surface area contributed by atoms with Crippen LogP contribution in [0.1, 0.15) is 46.0 Å². The SMILES string of the molecule is CCCC(O)(CCC)CC(=O)Nc1cccc([S@@](C)(=O)=NC)c1. The number of rotatable bonds is 8. The molecule has 0 saturated carbocycles. The molecule has 0 unspecified atom stereocenters. The van der Waals surface area contributed by atoms with E-state index in [1.165, 1.54) is 7.05 Å². The van der Waals surface area contributed by atoms with Gasteiger partial charge >= 0.3 is 0 Å². The van der Waals surface area contributed by atoms with Gasteiger partial charge in [0.2, 0.25) is 5.91 Å². The molecule has 0 bridgehead atoms. The number of benzene rings is 1. The highest BCUT2D eigenvalue weighted by Crippen LogP contribution is 2.24. The Bertz CT molecular complexity index is 643. The van der Waals surface area contributed by atoms with Gasteiger partial charge < -0.3 is 10.4 Å². The average molecular weight is 340 g/mol. The van der Waals surface area contributed by atoms with Crippen molar-refractivity contribution in [2.24, 2.45) is 4.36 Å². The number of hydrogen-bond donors (Lipinski definition) is 2. The van der Waals surface area contributed by atoms with Crippen molar-refractivity contribution >= 4 is 21.3 Å². The van der Waals surface area contributed by atoms with Crippen LogP contribution in [0.5, 0.6) is 0 Å². The Hall–Kier alpha value is -1.40. The molecule has 5 nitrogen and oxygen atoms in total. The van der Waals surface area contributed by atoms with Crippen molar-refractivity contribution < 1.29 is 14.1 Å². The topological polar surface area (TPSA) is 78.8 Å². The molecule has 0 aromatic heterocycles. The van der Waals surface area contributed by atoms with Crippen LogP contribution in [0.4, 0.5) is 5.69 Å². The first-order valence-electron chi connectivity index (χ1n) is 7.99. The van der Waals surface area contributed by atoms with Crippen molar-refractivity contribution in [2.45, 2.75) is 56.4 Å². The summed E-state index contributed by atoms with van der Waals surface area (Å²) in [6.07, 6.45) is 4.50. The standard InChI is InChI=1S/C17H28N2O3S/c1-5-10-17(21,11-6-2)13-16(20)19-14-8-7-9-15(12-14)23(4,22)18-3/h7-9,12,21H,5-6,10-11,13H2,1-4H3,(H,19,20)/t23-/m1/s1. The van der Waals surface area contributed by atoms with E-state index in [0.717, 1.165) is 12.8 Å². The van der Waals surface area contributed by atoms with Crippen LogP contribution in [0.25, 0.3) is 0 Å². The van der Waals surface area contributed by atoms with Gasteiger partial charge in [0.15, 0.2) is 0 Å². The van der Waals surface area contributed by atoms with E-state index in [-0.39, 0.29) is 12.3 Å². The number of carbonyl (C=O) groups is 1. The lowest BCUT2D eigenvalue weighted by Gasteiger charge is -2.26. The van der Waals surface area contributed by atoms with Gasteiger partial charge in [-0.15, -0.1) is 0 Å². The van der Waals surface area contributed by atoms with E-state index in [1.54, 1.807) is 30.5 Å². The first-order valence-corrected chi connectivity index (χ1v) is 9.91. The van der Waals surface area contributed by atoms with E-state index in [2.05, 4.69) is 9.68 Å². The normalized spacial score (nSPS) is 14.1. The number of amides is 1. The Morgan fingerprint density at radius 2 is 1.91 bits per heavy atom. The van der Waals surface area contributed by atoms with Gasteiger partial charge in [0.25, 0.3) is 0 Å². The Labute approximate surface area is 139 Å². The van der Waals surface area contributed by atoms with Crippen molar-refractivity contribution in [2.75, 3.05) is 18.6 Å². The van der Waals surface area contributed by atoms with Crippen LogP contribution < -0.4 is 5.32 Å². The predicted molar refractivity (Wildman–Crippen MR) is 95.1 cm³/mol. The van der Waals surface area contributed by atoms with Crippen LogP contribution in [0.2, 0.25) is 0 Å². The highest BCUT2D eigenvalue weighted by Gasteiger charge is 2.28. The smallest absolute Gasteiger partial charge is 0.227 e. The number of anilines is 1. The van der Waals surface area contributed by atoms with Crippen LogP contribution in [0, 0.1) is 0 Å². The lowest BCUT2D eigenvalue weighted by molar-refractivity contribution is -0.121. The van der Waals surface area contributed by atoms with E-state index in [0.29, 0.717) is 23.4 Å². The molecule has 2 N–H and O–H groups in total. The van der Waals surface area contributed by atoms with Crippen molar-refractivity contribution in [1.29, 1.82) is 0 Å². The molecule has 0 heterocycles. The van der Waals surface area contributed by atoms with Crippen molar-refractivity contribution in [3.8, 4) is 0 Å². The van der Waals surface area contributed by atoms with Gasteiger partial charge in [0.1, 0.15) is 0 Å². The molecule has 0 radical (unpaired) electrons. The summed E-state index contributed by atoms with van der Waals surface area (Å²) in [4.78, 5) is 12.8. The van der Waals surface area contributed by atoms with Gasteiger partial charge in [-0.2, -0.15) is 0 Å². The number of carbonyl (C=O) groups excluding carboxylic acids is 1. The number of hydrogen-bond acceptors (Lipinski definition) is 4. The molecule has 0 spiro atoms. The molecule has 6 heteroatoms. The summed E-state index contributed by atoms with van der Waals surface area (Å²) in [7, 11) is -0.917. The van der Waals surface area contributed by atoms with Crippen LogP contribution in [-0.2, 0) is 14.5 Å². The van der Waals surface area contributed by atoms with Crippen LogP contribution >= 0.6 is 0 Å². The van der Waals surface area contributed by atoms with E-state index in [9.17, 15) is 14.1 Å². The average Bonchev–Trinajstić information content (AvgIpc) is 2.47. The van der Waals surface area contributed by atoms with Crippen LogP contribution in [-0.4, -0.2) is 34.1 Å². The quantitative estimate of drug-likeness (QED) is 0.761. The second-order valence-corrected chi connectivity index (χ2v) is 8.40. The fourth-order valence-electron chi connectivity index (χ4n) is 2.65. The fraction of sp³-hybridized carbons (Fsp3) is 0.588. The molecule has 1 aromatic rings. The zero-order valence-corrected chi connectivity index (χ0v) is 15.3. The van der Waals surface area contributed by atoms with Gasteiger partial charge in [-0.3, -0.25) is 4.79 Å². The highest BCUT2D eigenvalue weighted by molar-refractivity contribution is 7.93. The minimum absolute atomic E-state index is 0.0680. The van der Waals surface area contributed by atoms with E-state index in [4.69, 9.17) is 0 Å². The summed E-state index contributed by atoms with van der Waals surface area (Å²) in [5.41, 5.74) is -0.386. The predicted octanol–water partition coefficient (Wildman–Crippen LogP) is 3.43. The van der Waals surface area contributed by atoms with Crippen LogP contribution in [0.15, 0.2) is 33.5 Å². The summed E-state index contributed by atoms with van der Waals surface area (Å²) in [6.45, 7) is 3.99. The lowest BCUT2D eigenvalue weighted by atomic mass is 9.89. The third-order valence-corrected chi connectivity index (χ3v) is 5.65. The summed E-state index contributed by atoms with van der Waals surface area (Å²) < 4.78 is 16.2. The van der Waals surface area contributed by atoms with Crippen molar-refractivity contribution in [1.82, 2.24) is 0 Å². The first-order chi connectivity index (χ1) is 10.8. The van der Waals surface area contributed by atoms with Gasteiger partial charge in [-0.25, -0.2) is 8.57 Å². The molecule has 130 valence electrons. The Balaban J connectivity index is 2.86. The van der Waals surface area contributed by atoms with Crippen molar-refractivity contribution in [3.05, 3.63) is 24.3 Å². The molecule has 0 fully saturated rings. The first kappa shape index (κ1) is 19.6. The zero-order valence-electron chi connectivity index (χ0n) is 14.5. The fourth-order valence-corrected chi connectivity index (χ4v) is 3.54. The summed E-state index contributed by atoms with van der Waals surface area (Å²) in [5, 5.41) is 13.3. The highest BCUT2D eigenvalue weighted by atomic mass is 32.2. The molecular weight excluding hydrogens is 312 g/mol. The van der Waals surface area contributed by atoms with Crippen LogP contribution in [0.3, 0.4) is 0 Å². The molecule has 0 saturated heterocycles. The van der Waals surface area contributed by atoms with Gasteiger partial charge in [0, 0.05) is 23.9 Å². The maximum absolute atomic E-state index is 12.3. The molecule has 23 heavy (non-hydrogen) atoms. The minimum Gasteiger partial charge on any atom is -0.389 e. The Kier molecular flexibility index (Phi) is 7.22. The maximum atomic E-state index is 12.3. The third-order valence-electron chi connectivity index (χ3n) is 3.82. The molecule has 0 aliphatic carbocycles. The summed E-state index contributed by atoms with van der Waals surface area (Å²) in [6, 6.07) is 6.89. The van der Waals surface area contributed by atoms with Gasteiger partial charge in [-0.1, -0.05) is 32.8 Å². The molecule has 1 aromatic carbocycles. The number of aliphatic hydroxyl groups is 1. The molecule has 1 rings (SSSR count). The van der Waals surface area contributed by atoms with Crippen molar-refractivity contribution in [3.63, 3.8) is 0 Å². The van der Waals surface area contributed by atoms with E-state index >= 15 is 0 Å². The Morgan fingerprint density at radius 1 is 1.30 bits per heavy atom. The Morgan fingerprint density at radius 3 is 2.43 bits per heavy atom. The number of nitrogens with zero attached hydrogens (tertiary/aromatic N) is 1. The monoisotopic (exact) mass is 340 g/mol. The largest absolute Gasteiger partial charge is 0.389 e. The second kappa shape index (κ2) is 8.45. The van der Waals surface area contributed by atoms with Gasteiger partial charge in [-0.05, 0) is 31.0 Å². The summed E-state index contributed by atoms with van der Waals surface area (Å²) in [5.74, 6) is -0.234. The number of nitrogens with one attached hydrogen (secondary N) is 1. The van der Waals surface area contributed by atoms with E-state index < -0.39 is 15.3 Å². The maximum Gasteiger partial charge on any atom is 0.227 e. The van der Waals surface area contributed by atoms with Gasteiger partial charge in [0.05, 0.1) is 21.8 Å². The molecule has 0 aliphatic rings. The lowest BCUT2D eigenvalue weighted by Crippen LogP contribution is -2.33. The molecule has 0 aliphatic heterocycles. The van der Waals surface area contributed by atoms with E-state index in [1.807, 2.05) is 13.8 Å². The minimum atomic E-state index is -2.43. The summed E-state index contributed by atoms with van der Waals surface area (Å²) >= 11 is 0. The zero-order chi connectivity index (χ0) is 17.5. The molecule has 1 amide bonds. The molecular formula is C17H28N2O3S. The molecule has 1 atom stereocenters. The second-order valence-electron chi connectivity index (χ2n) is 5.96.